The van der Waals surface area contributed by atoms with E-state index in [1.54, 1.807) is 13.0 Å². The predicted molar refractivity (Wildman–Crippen MR) is 69.2 cm³/mol. The van der Waals surface area contributed by atoms with Crippen molar-refractivity contribution in [3.05, 3.63) is 23.6 Å². The van der Waals surface area contributed by atoms with E-state index in [9.17, 15) is 0 Å². The Morgan fingerprint density at radius 1 is 1.21 bits per heavy atom. The molecule has 2 aromatic heterocycles. The Bertz CT molecular complexity index is 541. The molecular weight excluding hydrogens is 246 g/mol. The lowest BCUT2D eigenvalue weighted by molar-refractivity contribution is 0.325. The fourth-order valence-corrected chi connectivity index (χ4v) is 1.59. The molecule has 0 aliphatic rings. The smallest absolute Gasteiger partial charge is 0.228 e. The molecule has 0 aliphatic carbocycles. The molecule has 1 N–H and O–H groups in total. The summed E-state index contributed by atoms with van der Waals surface area (Å²) in [6.45, 7) is 6.78. The fourth-order valence-electron chi connectivity index (χ4n) is 1.59. The molecule has 7 heteroatoms. The standard InChI is InChI=1S/C12H17N5O2/c1-4-18-12-7-10(14-8(2)15-12)13-6-5-11-16-9(3)17-19-11/h7H,4-6H2,1-3H3,(H,13,14,15). The van der Waals surface area contributed by atoms with Crippen LogP contribution in [0.1, 0.15) is 24.5 Å². The SMILES string of the molecule is CCOc1cc(NCCc2nc(C)no2)nc(C)n1. The molecular formula is C12H17N5O2. The van der Waals surface area contributed by atoms with E-state index in [0.717, 1.165) is 5.82 Å². The van der Waals surface area contributed by atoms with Gasteiger partial charge in [-0.2, -0.15) is 9.97 Å². The van der Waals surface area contributed by atoms with E-state index < -0.39 is 0 Å². The number of aryl methyl sites for hydroxylation is 2. The molecule has 0 fully saturated rings. The largest absolute Gasteiger partial charge is 0.478 e. The van der Waals surface area contributed by atoms with Gasteiger partial charge in [0.1, 0.15) is 11.6 Å². The van der Waals surface area contributed by atoms with Crippen LogP contribution in [0.3, 0.4) is 0 Å². The zero-order chi connectivity index (χ0) is 13.7. The number of hydrogen-bond donors (Lipinski definition) is 1. The first-order valence-corrected chi connectivity index (χ1v) is 6.19. The van der Waals surface area contributed by atoms with Gasteiger partial charge in [-0.15, -0.1) is 0 Å². The molecule has 2 heterocycles. The monoisotopic (exact) mass is 263 g/mol. The van der Waals surface area contributed by atoms with E-state index >= 15 is 0 Å². The second kappa shape index (κ2) is 6.12. The Kier molecular flexibility index (Phi) is 4.27. The van der Waals surface area contributed by atoms with Gasteiger partial charge in [-0.3, -0.25) is 0 Å². The van der Waals surface area contributed by atoms with Crippen molar-refractivity contribution in [2.75, 3.05) is 18.5 Å². The average Bonchev–Trinajstić information content (AvgIpc) is 2.75. The quantitative estimate of drug-likeness (QED) is 0.845. The predicted octanol–water partition coefficient (Wildman–Crippen LogP) is 1.53. The number of anilines is 1. The zero-order valence-corrected chi connectivity index (χ0v) is 11.3. The number of nitrogens with zero attached hydrogens (tertiary/aromatic N) is 4. The summed E-state index contributed by atoms with van der Waals surface area (Å²) in [6.07, 6.45) is 0.647. The first-order valence-electron chi connectivity index (χ1n) is 6.19. The molecule has 0 aromatic carbocycles. The highest BCUT2D eigenvalue weighted by Crippen LogP contribution is 2.13. The molecule has 19 heavy (non-hydrogen) atoms. The number of hydrogen-bond acceptors (Lipinski definition) is 7. The third-order valence-electron chi connectivity index (χ3n) is 2.32. The highest BCUT2D eigenvalue weighted by Gasteiger charge is 2.04. The minimum Gasteiger partial charge on any atom is -0.478 e. The number of aromatic nitrogens is 4. The van der Waals surface area contributed by atoms with Gasteiger partial charge in [0.25, 0.3) is 0 Å². The fraction of sp³-hybridized carbons (Fsp3) is 0.500. The Morgan fingerprint density at radius 3 is 2.74 bits per heavy atom. The molecule has 0 atom stereocenters. The van der Waals surface area contributed by atoms with E-state index in [1.807, 2.05) is 13.8 Å². The van der Waals surface area contributed by atoms with Gasteiger partial charge < -0.3 is 14.6 Å². The number of ether oxygens (including phenoxy) is 1. The highest BCUT2D eigenvalue weighted by atomic mass is 16.5. The second-order valence-electron chi connectivity index (χ2n) is 3.98. The van der Waals surface area contributed by atoms with Crippen LogP contribution in [0.2, 0.25) is 0 Å². The molecule has 0 spiro atoms. The van der Waals surface area contributed by atoms with Gasteiger partial charge >= 0.3 is 0 Å². The second-order valence-corrected chi connectivity index (χ2v) is 3.98. The van der Waals surface area contributed by atoms with E-state index in [2.05, 4.69) is 25.4 Å². The molecule has 0 saturated heterocycles. The normalized spacial score (nSPS) is 10.5. The van der Waals surface area contributed by atoms with Gasteiger partial charge in [0, 0.05) is 19.0 Å². The third kappa shape index (κ3) is 3.90. The molecule has 0 bridgehead atoms. The summed E-state index contributed by atoms with van der Waals surface area (Å²) in [7, 11) is 0. The highest BCUT2D eigenvalue weighted by molar-refractivity contribution is 5.38. The third-order valence-corrected chi connectivity index (χ3v) is 2.32. The summed E-state index contributed by atoms with van der Waals surface area (Å²) in [6, 6.07) is 1.77. The van der Waals surface area contributed by atoms with E-state index in [0.29, 0.717) is 43.0 Å². The van der Waals surface area contributed by atoms with Crippen LogP contribution in [0.5, 0.6) is 5.88 Å². The van der Waals surface area contributed by atoms with Crippen molar-refractivity contribution in [1.82, 2.24) is 20.1 Å². The summed E-state index contributed by atoms with van der Waals surface area (Å²) in [5.41, 5.74) is 0. The van der Waals surface area contributed by atoms with Crippen molar-refractivity contribution >= 4 is 5.82 Å². The van der Waals surface area contributed by atoms with Crippen LogP contribution in [0.15, 0.2) is 10.6 Å². The average molecular weight is 263 g/mol. The van der Waals surface area contributed by atoms with Crippen molar-refractivity contribution < 1.29 is 9.26 Å². The van der Waals surface area contributed by atoms with Crippen LogP contribution in [0.4, 0.5) is 5.82 Å². The van der Waals surface area contributed by atoms with Crippen LogP contribution in [0, 0.1) is 13.8 Å². The van der Waals surface area contributed by atoms with Crippen LogP contribution in [-0.4, -0.2) is 33.3 Å². The van der Waals surface area contributed by atoms with Crippen molar-refractivity contribution in [2.45, 2.75) is 27.2 Å². The molecule has 102 valence electrons. The van der Waals surface area contributed by atoms with Crippen LogP contribution in [-0.2, 0) is 6.42 Å². The molecule has 0 unspecified atom stereocenters. The summed E-state index contributed by atoms with van der Waals surface area (Å²) in [5, 5.41) is 6.92. The minimum atomic E-state index is 0.575. The Hall–Kier alpha value is -2.18. The van der Waals surface area contributed by atoms with Crippen molar-refractivity contribution in [3.8, 4) is 5.88 Å². The van der Waals surface area contributed by atoms with Crippen molar-refractivity contribution in [1.29, 1.82) is 0 Å². The summed E-state index contributed by atoms with van der Waals surface area (Å²) in [4.78, 5) is 12.6. The molecule has 0 aliphatic heterocycles. The summed E-state index contributed by atoms with van der Waals surface area (Å²) < 4.78 is 10.4. The first kappa shape index (κ1) is 13.3. The Morgan fingerprint density at radius 2 is 2.05 bits per heavy atom. The van der Waals surface area contributed by atoms with Gasteiger partial charge in [0.15, 0.2) is 5.82 Å². The van der Waals surface area contributed by atoms with Crippen LogP contribution >= 0.6 is 0 Å². The van der Waals surface area contributed by atoms with Gasteiger partial charge in [-0.1, -0.05) is 5.16 Å². The number of rotatable bonds is 6. The van der Waals surface area contributed by atoms with Gasteiger partial charge in [0.2, 0.25) is 11.8 Å². The molecule has 2 rings (SSSR count). The van der Waals surface area contributed by atoms with E-state index in [4.69, 9.17) is 9.26 Å². The lowest BCUT2D eigenvalue weighted by Gasteiger charge is -2.07. The lowest BCUT2D eigenvalue weighted by atomic mass is 10.4. The van der Waals surface area contributed by atoms with Crippen LogP contribution < -0.4 is 10.1 Å². The maximum absolute atomic E-state index is 5.36. The first-order chi connectivity index (χ1) is 9.17. The van der Waals surface area contributed by atoms with Crippen molar-refractivity contribution in [3.63, 3.8) is 0 Å². The summed E-state index contributed by atoms with van der Waals surface area (Å²) in [5.74, 6) is 3.23. The Labute approximate surface area is 111 Å². The van der Waals surface area contributed by atoms with Gasteiger partial charge in [-0.05, 0) is 20.8 Å². The maximum Gasteiger partial charge on any atom is 0.228 e. The topological polar surface area (TPSA) is 86.0 Å². The molecule has 0 saturated carbocycles. The molecule has 7 nitrogen and oxygen atoms in total. The minimum absolute atomic E-state index is 0.575. The van der Waals surface area contributed by atoms with Gasteiger partial charge in [0.05, 0.1) is 6.61 Å². The number of nitrogens with one attached hydrogen (secondary N) is 1. The van der Waals surface area contributed by atoms with Gasteiger partial charge in [-0.25, -0.2) is 4.98 Å². The molecule has 0 amide bonds. The van der Waals surface area contributed by atoms with E-state index in [-0.39, 0.29) is 0 Å². The van der Waals surface area contributed by atoms with Crippen molar-refractivity contribution in [2.24, 2.45) is 0 Å². The zero-order valence-electron chi connectivity index (χ0n) is 11.3. The summed E-state index contributed by atoms with van der Waals surface area (Å²) >= 11 is 0. The lowest BCUT2D eigenvalue weighted by Crippen LogP contribution is -2.08. The van der Waals surface area contributed by atoms with Crippen LogP contribution in [0.25, 0.3) is 0 Å². The molecule has 2 aromatic rings. The molecule has 0 radical (unpaired) electrons. The maximum atomic E-state index is 5.36. The van der Waals surface area contributed by atoms with E-state index in [1.165, 1.54) is 0 Å². The Balaban J connectivity index is 1.91.